The Bertz CT molecular complexity index is 742. The van der Waals surface area contributed by atoms with Crippen LogP contribution in [0.3, 0.4) is 0 Å². The van der Waals surface area contributed by atoms with Gasteiger partial charge in [-0.3, -0.25) is 19.7 Å². The van der Waals surface area contributed by atoms with Crippen LogP contribution in [0.25, 0.3) is 0 Å². The molecule has 0 saturated heterocycles. The van der Waals surface area contributed by atoms with Gasteiger partial charge in [0.15, 0.2) is 5.92 Å². The maximum absolute atomic E-state index is 12.1. The molecule has 2 heterocycles. The molecule has 2 N–H and O–H groups in total. The molecule has 2 rings (SSSR count). The second-order valence-electron chi connectivity index (χ2n) is 4.74. The lowest BCUT2D eigenvalue weighted by molar-refractivity contribution is -0.146. The van der Waals surface area contributed by atoms with Crippen molar-refractivity contribution in [3.63, 3.8) is 0 Å². The van der Waals surface area contributed by atoms with Gasteiger partial charge >= 0.3 is 5.97 Å². The molecule has 0 radical (unpaired) electrons. The van der Waals surface area contributed by atoms with Crippen LogP contribution < -0.4 is 5.56 Å². The largest absolute Gasteiger partial charge is 0.465 e. The van der Waals surface area contributed by atoms with Crippen LogP contribution in [0.1, 0.15) is 29.7 Å². The molecule has 0 spiro atoms. The van der Waals surface area contributed by atoms with Crippen molar-refractivity contribution in [2.75, 3.05) is 6.61 Å². The molecule has 0 saturated carbocycles. The van der Waals surface area contributed by atoms with Crippen LogP contribution in [0.15, 0.2) is 29.3 Å². The van der Waals surface area contributed by atoms with E-state index < -0.39 is 17.8 Å². The second-order valence-corrected chi connectivity index (χ2v) is 4.74. The summed E-state index contributed by atoms with van der Waals surface area (Å²) in [7, 11) is 0. The quantitative estimate of drug-likeness (QED) is 0.807. The third-order valence-corrected chi connectivity index (χ3v) is 3.38. The van der Waals surface area contributed by atoms with Gasteiger partial charge in [-0.05, 0) is 25.5 Å². The first-order valence-electron chi connectivity index (χ1n) is 6.83. The zero-order valence-electron chi connectivity index (χ0n) is 12.3. The van der Waals surface area contributed by atoms with Crippen molar-refractivity contribution in [3.05, 3.63) is 51.7 Å². The summed E-state index contributed by atoms with van der Waals surface area (Å²) in [5.74, 6) is -2.52. The molecule has 2 atom stereocenters. The molecule has 22 heavy (non-hydrogen) atoms. The number of aryl methyl sites for hydroxylation is 1. The Morgan fingerprint density at radius 3 is 2.77 bits per heavy atom. The van der Waals surface area contributed by atoms with Gasteiger partial charge in [0.25, 0.3) is 5.56 Å². The molecule has 7 heteroatoms. The van der Waals surface area contributed by atoms with Crippen molar-refractivity contribution < 1.29 is 9.53 Å². The summed E-state index contributed by atoms with van der Waals surface area (Å²) in [6, 6.07) is 5.38. The molecule has 114 valence electrons. The standard InChI is InChI=1S/C15H16N4O3/c1-3-22-15(21)11(7-16)13(10-5-4-6-17-8-10)12-9(2)18-19-14(12)20/h4-6,8,11,13H,3H2,1-2H3,(H2,18,19,20)/t11-,13-/m1/s1. The lowest BCUT2D eigenvalue weighted by Gasteiger charge is -2.20. The molecular formula is C15H16N4O3. The minimum Gasteiger partial charge on any atom is -0.465 e. The number of aromatic nitrogens is 3. The number of carbonyl (C=O) groups excluding carboxylic acids is 1. The van der Waals surface area contributed by atoms with E-state index in [1.54, 1.807) is 38.4 Å². The summed E-state index contributed by atoms with van der Waals surface area (Å²) >= 11 is 0. The maximum Gasteiger partial charge on any atom is 0.324 e. The number of rotatable bonds is 5. The third-order valence-electron chi connectivity index (χ3n) is 3.38. The van der Waals surface area contributed by atoms with Gasteiger partial charge in [-0.1, -0.05) is 6.07 Å². The molecule has 0 amide bonds. The Morgan fingerprint density at radius 2 is 2.27 bits per heavy atom. The number of carbonyl (C=O) groups is 1. The first-order valence-corrected chi connectivity index (χ1v) is 6.83. The Labute approximate surface area is 126 Å². The lowest BCUT2D eigenvalue weighted by Crippen LogP contribution is -2.27. The summed E-state index contributed by atoms with van der Waals surface area (Å²) in [4.78, 5) is 28.2. The van der Waals surface area contributed by atoms with Crippen molar-refractivity contribution in [2.45, 2.75) is 19.8 Å². The highest BCUT2D eigenvalue weighted by Gasteiger charge is 2.35. The second kappa shape index (κ2) is 6.72. The number of H-pyrrole nitrogens is 2. The fourth-order valence-electron chi connectivity index (χ4n) is 2.41. The van der Waals surface area contributed by atoms with E-state index >= 15 is 0 Å². The lowest BCUT2D eigenvalue weighted by atomic mass is 9.82. The third kappa shape index (κ3) is 2.91. The smallest absolute Gasteiger partial charge is 0.324 e. The predicted octanol–water partition coefficient (Wildman–Crippen LogP) is 1.24. The Morgan fingerprint density at radius 1 is 1.50 bits per heavy atom. The molecule has 0 aliphatic carbocycles. The monoisotopic (exact) mass is 300 g/mol. The van der Waals surface area contributed by atoms with Gasteiger partial charge < -0.3 is 9.84 Å². The van der Waals surface area contributed by atoms with Crippen molar-refractivity contribution >= 4 is 5.97 Å². The van der Waals surface area contributed by atoms with Crippen LogP contribution in [-0.2, 0) is 9.53 Å². The minimum atomic E-state index is -1.13. The highest BCUT2D eigenvalue weighted by Crippen LogP contribution is 2.31. The van der Waals surface area contributed by atoms with Gasteiger partial charge in [0.2, 0.25) is 0 Å². The number of nitrogens with one attached hydrogen (secondary N) is 2. The van der Waals surface area contributed by atoms with Crippen molar-refractivity contribution in [3.8, 4) is 6.07 Å². The summed E-state index contributed by atoms with van der Waals surface area (Å²) in [6.45, 7) is 3.54. The molecule has 0 bridgehead atoms. The van der Waals surface area contributed by atoms with Crippen molar-refractivity contribution in [1.29, 1.82) is 5.26 Å². The predicted molar refractivity (Wildman–Crippen MR) is 78.0 cm³/mol. The molecule has 0 fully saturated rings. The summed E-state index contributed by atoms with van der Waals surface area (Å²) in [5, 5.41) is 14.6. The average Bonchev–Trinajstić information content (AvgIpc) is 2.85. The number of nitriles is 1. The first-order chi connectivity index (χ1) is 10.6. The van der Waals surface area contributed by atoms with Crippen LogP contribution in [0.2, 0.25) is 0 Å². The van der Waals surface area contributed by atoms with E-state index in [-0.39, 0.29) is 12.2 Å². The Kier molecular flexibility index (Phi) is 4.73. The average molecular weight is 300 g/mol. The summed E-state index contributed by atoms with van der Waals surface area (Å²) in [5.41, 5.74) is 1.15. The van der Waals surface area contributed by atoms with E-state index in [1.807, 2.05) is 6.07 Å². The van der Waals surface area contributed by atoms with E-state index in [9.17, 15) is 14.9 Å². The normalized spacial score (nSPS) is 13.1. The molecule has 2 aromatic heterocycles. The van der Waals surface area contributed by atoms with Gasteiger partial charge in [-0.25, -0.2) is 0 Å². The van der Waals surface area contributed by atoms with Crippen LogP contribution >= 0.6 is 0 Å². The minimum absolute atomic E-state index is 0.166. The number of esters is 1. The van der Waals surface area contributed by atoms with Crippen LogP contribution in [0.4, 0.5) is 0 Å². The van der Waals surface area contributed by atoms with E-state index in [1.165, 1.54) is 0 Å². The van der Waals surface area contributed by atoms with Crippen molar-refractivity contribution in [2.24, 2.45) is 5.92 Å². The van der Waals surface area contributed by atoms with Crippen LogP contribution in [-0.4, -0.2) is 27.8 Å². The van der Waals surface area contributed by atoms with Gasteiger partial charge in [0.1, 0.15) is 0 Å². The number of pyridine rings is 1. The maximum atomic E-state index is 12.1. The highest BCUT2D eigenvalue weighted by molar-refractivity contribution is 5.77. The number of hydrogen-bond acceptors (Lipinski definition) is 5. The Hall–Kier alpha value is -2.88. The zero-order chi connectivity index (χ0) is 16.1. The number of aromatic amines is 2. The van der Waals surface area contributed by atoms with E-state index in [0.29, 0.717) is 16.8 Å². The summed E-state index contributed by atoms with van der Waals surface area (Å²) < 4.78 is 4.97. The fourth-order valence-corrected chi connectivity index (χ4v) is 2.41. The van der Waals surface area contributed by atoms with Gasteiger partial charge in [0.05, 0.1) is 12.7 Å². The van der Waals surface area contributed by atoms with Crippen LogP contribution in [0, 0.1) is 24.2 Å². The van der Waals surface area contributed by atoms with Crippen molar-refractivity contribution in [1.82, 2.24) is 15.2 Å². The Balaban J connectivity index is 2.59. The molecule has 0 aromatic carbocycles. The highest BCUT2D eigenvalue weighted by atomic mass is 16.5. The molecule has 0 aliphatic rings. The number of nitrogens with zero attached hydrogens (tertiary/aromatic N) is 2. The molecule has 2 aromatic rings. The van der Waals surface area contributed by atoms with E-state index in [0.717, 1.165) is 0 Å². The van der Waals surface area contributed by atoms with E-state index in [2.05, 4.69) is 15.2 Å². The van der Waals surface area contributed by atoms with Gasteiger partial charge in [-0.15, -0.1) is 0 Å². The number of ether oxygens (including phenoxy) is 1. The fraction of sp³-hybridized carbons (Fsp3) is 0.333. The number of hydrogen-bond donors (Lipinski definition) is 2. The molecule has 7 nitrogen and oxygen atoms in total. The van der Waals surface area contributed by atoms with Gasteiger partial charge in [-0.2, -0.15) is 5.26 Å². The summed E-state index contributed by atoms with van der Waals surface area (Å²) in [6.07, 6.45) is 3.13. The van der Waals surface area contributed by atoms with Gasteiger partial charge in [0, 0.05) is 29.6 Å². The first kappa shape index (κ1) is 15.5. The molecule has 0 aliphatic heterocycles. The van der Waals surface area contributed by atoms with E-state index in [4.69, 9.17) is 4.74 Å². The zero-order valence-corrected chi connectivity index (χ0v) is 12.3. The van der Waals surface area contributed by atoms with Crippen LogP contribution in [0.5, 0.6) is 0 Å². The SMILES string of the molecule is CCOC(=O)[C@H](C#N)[C@@H](c1cccnc1)c1c(C)[nH][nH]c1=O. The molecular weight excluding hydrogens is 284 g/mol. The molecule has 0 unspecified atom stereocenters. The topological polar surface area (TPSA) is 112 Å².